The van der Waals surface area contributed by atoms with Gasteiger partial charge in [-0.25, -0.2) is 4.98 Å². The fraction of sp³-hybridized carbons (Fsp3) is 0.400. The summed E-state index contributed by atoms with van der Waals surface area (Å²) in [6, 6.07) is 5.48. The molecule has 116 valence electrons. The van der Waals surface area contributed by atoms with Crippen LogP contribution in [0, 0.1) is 6.92 Å². The van der Waals surface area contributed by atoms with Crippen LogP contribution in [0.25, 0.3) is 0 Å². The topological polar surface area (TPSA) is 80.5 Å². The van der Waals surface area contributed by atoms with E-state index in [2.05, 4.69) is 20.4 Å². The van der Waals surface area contributed by atoms with Crippen LogP contribution >= 0.6 is 0 Å². The van der Waals surface area contributed by atoms with Crippen molar-refractivity contribution in [1.29, 1.82) is 0 Å². The Hall–Kier alpha value is -2.41. The highest BCUT2D eigenvalue weighted by atomic mass is 16.5. The molecule has 1 N–H and O–H groups in total. The standard InChI is InChI=1S/C15H18N4O3/c1-11-8-13(22-18-11)15(20)17-10-12-2-3-16-14(9-12)19-4-6-21-7-5-19/h2-3,8-9H,4-7,10H2,1H3,(H,17,20). The molecule has 3 rings (SSSR count). The van der Waals surface area contributed by atoms with Crippen molar-refractivity contribution in [3.05, 3.63) is 41.4 Å². The zero-order valence-electron chi connectivity index (χ0n) is 12.4. The molecule has 22 heavy (non-hydrogen) atoms. The van der Waals surface area contributed by atoms with E-state index in [4.69, 9.17) is 9.26 Å². The number of ether oxygens (including phenoxy) is 1. The third kappa shape index (κ3) is 3.43. The van der Waals surface area contributed by atoms with Gasteiger partial charge in [0.15, 0.2) is 0 Å². The van der Waals surface area contributed by atoms with Gasteiger partial charge in [0, 0.05) is 31.9 Å². The Morgan fingerprint density at radius 2 is 2.18 bits per heavy atom. The van der Waals surface area contributed by atoms with E-state index >= 15 is 0 Å². The average molecular weight is 302 g/mol. The largest absolute Gasteiger partial charge is 0.378 e. The Labute approximate surface area is 128 Å². The predicted octanol–water partition coefficient (Wildman–Crippen LogP) is 1.14. The molecular formula is C15H18N4O3. The van der Waals surface area contributed by atoms with Gasteiger partial charge in [0.2, 0.25) is 5.76 Å². The second-order valence-electron chi connectivity index (χ2n) is 5.14. The van der Waals surface area contributed by atoms with Crippen LogP contribution in [0.4, 0.5) is 5.82 Å². The number of morpholine rings is 1. The lowest BCUT2D eigenvalue weighted by Gasteiger charge is -2.28. The van der Waals surface area contributed by atoms with Gasteiger partial charge >= 0.3 is 0 Å². The summed E-state index contributed by atoms with van der Waals surface area (Å²) in [5.41, 5.74) is 1.67. The zero-order valence-corrected chi connectivity index (χ0v) is 12.4. The van der Waals surface area contributed by atoms with Crippen molar-refractivity contribution >= 4 is 11.7 Å². The summed E-state index contributed by atoms with van der Waals surface area (Å²) < 4.78 is 10.3. The molecule has 0 bridgehead atoms. The molecule has 0 atom stereocenters. The van der Waals surface area contributed by atoms with Crippen LogP contribution in [-0.4, -0.2) is 42.4 Å². The second-order valence-corrected chi connectivity index (χ2v) is 5.14. The van der Waals surface area contributed by atoms with Crippen molar-refractivity contribution in [3.8, 4) is 0 Å². The number of carbonyl (C=O) groups is 1. The first-order valence-corrected chi connectivity index (χ1v) is 7.21. The number of aryl methyl sites for hydroxylation is 1. The normalized spacial score (nSPS) is 14.9. The minimum absolute atomic E-state index is 0.222. The molecule has 1 fully saturated rings. The number of nitrogens with one attached hydrogen (secondary N) is 1. The third-order valence-electron chi connectivity index (χ3n) is 3.45. The number of aromatic nitrogens is 2. The number of carbonyl (C=O) groups excluding carboxylic acids is 1. The van der Waals surface area contributed by atoms with Crippen molar-refractivity contribution in [2.45, 2.75) is 13.5 Å². The maximum absolute atomic E-state index is 11.9. The maximum Gasteiger partial charge on any atom is 0.290 e. The molecule has 1 amide bonds. The first-order valence-electron chi connectivity index (χ1n) is 7.21. The van der Waals surface area contributed by atoms with Gasteiger partial charge in [-0.1, -0.05) is 5.16 Å². The minimum Gasteiger partial charge on any atom is -0.378 e. The van der Waals surface area contributed by atoms with Gasteiger partial charge in [0.05, 0.1) is 18.9 Å². The van der Waals surface area contributed by atoms with E-state index in [1.807, 2.05) is 12.1 Å². The molecule has 1 aliphatic rings. The van der Waals surface area contributed by atoms with Gasteiger partial charge in [0.1, 0.15) is 5.82 Å². The quantitative estimate of drug-likeness (QED) is 0.912. The summed E-state index contributed by atoms with van der Waals surface area (Å²) in [5.74, 6) is 0.857. The van der Waals surface area contributed by atoms with E-state index < -0.39 is 0 Å². The molecule has 0 spiro atoms. The molecule has 3 heterocycles. The number of hydrogen-bond donors (Lipinski definition) is 1. The van der Waals surface area contributed by atoms with E-state index in [1.54, 1.807) is 19.2 Å². The molecule has 0 radical (unpaired) electrons. The molecule has 0 unspecified atom stereocenters. The fourth-order valence-electron chi connectivity index (χ4n) is 2.28. The molecule has 7 nitrogen and oxygen atoms in total. The smallest absolute Gasteiger partial charge is 0.290 e. The average Bonchev–Trinajstić information content (AvgIpc) is 3.00. The fourth-order valence-corrected chi connectivity index (χ4v) is 2.28. The summed E-state index contributed by atoms with van der Waals surface area (Å²) in [7, 11) is 0. The van der Waals surface area contributed by atoms with Crippen LogP contribution in [0.5, 0.6) is 0 Å². The van der Waals surface area contributed by atoms with Gasteiger partial charge in [-0.3, -0.25) is 4.79 Å². The molecule has 2 aromatic heterocycles. The van der Waals surface area contributed by atoms with Gasteiger partial charge in [-0.15, -0.1) is 0 Å². The Balaban J connectivity index is 1.61. The van der Waals surface area contributed by atoms with Crippen LogP contribution in [0.3, 0.4) is 0 Å². The van der Waals surface area contributed by atoms with Crippen molar-refractivity contribution in [3.63, 3.8) is 0 Å². The predicted molar refractivity (Wildman–Crippen MR) is 79.7 cm³/mol. The number of pyridine rings is 1. The van der Waals surface area contributed by atoms with Gasteiger partial charge in [-0.05, 0) is 24.6 Å². The van der Waals surface area contributed by atoms with E-state index in [1.165, 1.54) is 0 Å². The first kappa shape index (κ1) is 14.5. The molecular weight excluding hydrogens is 284 g/mol. The molecule has 2 aromatic rings. The number of anilines is 1. The molecule has 1 aliphatic heterocycles. The Morgan fingerprint density at radius 3 is 2.91 bits per heavy atom. The van der Waals surface area contributed by atoms with Crippen LogP contribution in [-0.2, 0) is 11.3 Å². The lowest BCUT2D eigenvalue weighted by atomic mass is 10.2. The Bertz CT molecular complexity index is 650. The van der Waals surface area contributed by atoms with Crippen molar-refractivity contribution in [2.75, 3.05) is 31.2 Å². The summed E-state index contributed by atoms with van der Waals surface area (Å²) >= 11 is 0. The van der Waals surface area contributed by atoms with E-state index in [0.29, 0.717) is 25.5 Å². The molecule has 7 heteroatoms. The lowest BCUT2D eigenvalue weighted by molar-refractivity contribution is 0.0914. The van der Waals surface area contributed by atoms with Crippen LogP contribution in [0.1, 0.15) is 21.8 Å². The third-order valence-corrected chi connectivity index (χ3v) is 3.45. The Kier molecular flexibility index (Phi) is 4.34. The van der Waals surface area contributed by atoms with Gasteiger partial charge < -0.3 is 19.5 Å². The highest BCUT2D eigenvalue weighted by molar-refractivity contribution is 5.91. The lowest BCUT2D eigenvalue weighted by Crippen LogP contribution is -2.36. The first-order chi connectivity index (χ1) is 10.7. The van der Waals surface area contributed by atoms with Crippen LogP contribution in [0.15, 0.2) is 28.9 Å². The molecule has 0 aliphatic carbocycles. The Morgan fingerprint density at radius 1 is 1.36 bits per heavy atom. The van der Waals surface area contributed by atoms with Crippen LogP contribution < -0.4 is 10.2 Å². The highest BCUT2D eigenvalue weighted by Gasteiger charge is 2.14. The molecule has 0 aromatic carbocycles. The summed E-state index contributed by atoms with van der Waals surface area (Å²) in [6.07, 6.45) is 1.75. The summed E-state index contributed by atoms with van der Waals surface area (Å²) in [5, 5.41) is 6.52. The van der Waals surface area contributed by atoms with Crippen molar-refractivity contribution in [1.82, 2.24) is 15.5 Å². The second kappa shape index (κ2) is 6.57. The summed E-state index contributed by atoms with van der Waals surface area (Å²) in [6.45, 7) is 5.29. The molecule has 0 saturated carbocycles. The monoisotopic (exact) mass is 302 g/mol. The number of nitrogens with zero attached hydrogens (tertiary/aromatic N) is 3. The van der Waals surface area contributed by atoms with Crippen molar-refractivity contribution < 1.29 is 14.1 Å². The number of hydrogen-bond acceptors (Lipinski definition) is 6. The van der Waals surface area contributed by atoms with E-state index in [-0.39, 0.29) is 11.7 Å². The summed E-state index contributed by atoms with van der Waals surface area (Å²) in [4.78, 5) is 18.5. The SMILES string of the molecule is Cc1cc(C(=O)NCc2ccnc(N3CCOCC3)c2)on1. The van der Waals surface area contributed by atoms with Gasteiger partial charge in [0.25, 0.3) is 5.91 Å². The van der Waals surface area contributed by atoms with E-state index in [0.717, 1.165) is 24.5 Å². The van der Waals surface area contributed by atoms with Gasteiger partial charge in [-0.2, -0.15) is 0 Å². The number of amides is 1. The van der Waals surface area contributed by atoms with Crippen LogP contribution in [0.2, 0.25) is 0 Å². The molecule has 1 saturated heterocycles. The van der Waals surface area contributed by atoms with Crippen molar-refractivity contribution in [2.24, 2.45) is 0 Å². The van der Waals surface area contributed by atoms with E-state index in [9.17, 15) is 4.79 Å². The minimum atomic E-state index is -0.273. The highest BCUT2D eigenvalue weighted by Crippen LogP contribution is 2.14. The number of rotatable bonds is 4. The maximum atomic E-state index is 11.9. The zero-order chi connectivity index (χ0) is 15.4.